The molecule has 1 aromatic carbocycles. The highest BCUT2D eigenvalue weighted by molar-refractivity contribution is 6.06. The third-order valence-corrected chi connectivity index (χ3v) is 2.41. The molecular weight excluding hydrogens is 192 g/mol. The lowest BCUT2D eigenvalue weighted by atomic mass is 10.2. The van der Waals surface area contributed by atoms with E-state index in [-0.39, 0.29) is 5.49 Å². The summed E-state index contributed by atoms with van der Waals surface area (Å²) < 4.78 is 0. The lowest BCUT2D eigenvalue weighted by molar-refractivity contribution is 0.950. The summed E-state index contributed by atoms with van der Waals surface area (Å²) in [5.41, 5.74) is 7.48. The third-order valence-electron chi connectivity index (χ3n) is 2.41. The molecule has 5 N–H and O–H groups in total. The summed E-state index contributed by atoms with van der Waals surface area (Å²) in [4.78, 5) is 4.04. The number of H-pyrrole nitrogens is 2. The van der Waals surface area contributed by atoms with Gasteiger partial charge < -0.3 is 5.73 Å². The Balaban J connectivity index is 2.79. The van der Waals surface area contributed by atoms with Crippen molar-refractivity contribution in [2.24, 2.45) is 0 Å². The van der Waals surface area contributed by atoms with E-state index < -0.39 is 0 Å². The highest BCUT2D eigenvalue weighted by Gasteiger charge is 2.07. The van der Waals surface area contributed by atoms with Crippen LogP contribution in [-0.4, -0.2) is 20.4 Å². The summed E-state index contributed by atoms with van der Waals surface area (Å²) in [5, 5.41) is 18.8. The average molecular weight is 200 g/mol. The van der Waals surface area contributed by atoms with Gasteiger partial charge in [-0.3, -0.25) is 10.5 Å². The molecule has 0 fully saturated rings. The predicted molar refractivity (Wildman–Crippen MR) is 56.0 cm³/mol. The summed E-state index contributed by atoms with van der Waals surface area (Å²) >= 11 is 0. The van der Waals surface area contributed by atoms with E-state index in [1.165, 1.54) is 0 Å². The van der Waals surface area contributed by atoms with Crippen LogP contribution in [0.3, 0.4) is 0 Å². The van der Waals surface area contributed by atoms with Crippen LogP contribution in [-0.2, 0) is 0 Å². The van der Waals surface area contributed by atoms with E-state index >= 15 is 0 Å². The molecule has 0 atom stereocenters. The molecule has 2 aromatic heterocycles. The number of aromatic nitrogens is 4. The normalized spacial score (nSPS) is 11.2. The minimum absolute atomic E-state index is 0.0545. The lowest BCUT2D eigenvalue weighted by Crippen LogP contribution is -2.08. The first kappa shape index (κ1) is 7.98. The first-order chi connectivity index (χ1) is 7.27. The van der Waals surface area contributed by atoms with Crippen molar-refractivity contribution < 1.29 is 0 Å². The number of nitrogens with zero attached hydrogens (tertiary/aromatic N) is 2. The largest absolute Gasteiger partial charge is 0.395 e. The number of aromatic amines is 2. The molecule has 0 aliphatic rings. The fourth-order valence-electron chi connectivity index (χ4n) is 1.68. The Kier molecular flexibility index (Phi) is 1.37. The first-order valence-electron chi connectivity index (χ1n) is 4.43. The zero-order valence-electron chi connectivity index (χ0n) is 7.70. The Morgan fingerprint density at radius 2 is 2.07 bits per heavy atom. The average Bonchev–Trinajstić information content (AvgIpc) is 2.81. The fraction of sp³-hybridized carbons (Fsp3) is 0. The zero-order valence-corrected chi connectivity index (χ0v) is 7.70. The van der Waals surface area contributed by atoms with Crippen LogP contribution in [0.4, 0.5) is 5.69 Å². The van der Waals surface area contributed by atoms with E-state index in [0.29, 0.717) is 16.9 Å². The molecule has 0 unspecified atom stereocenters. The molecule has 0 radical (unpaired) electrons. The van der Waals surface area contributed by atoms with E-state index in [1.54, 1.807) is 0 Å². The second-order valence-corrected chi connectivity index (χ2v) is 3.27. The number of fused-ring (bicyclic) bond motifs is 3. The van der Waals surface area contributed by atoms with Crippen LogP contribution >= 0.6 is 0 Å². The Bertz CT molecular complexity index is 707. The molecule has 6 heteroatoms. The van der Waals surface area contributed by atoms with Gasteiger partial charge in [0.05, 0.1) is 5.69 Å². The molecule has 3 aromatic rings. The molecule has 74 valence electrons. The number of hydrogen-bond donors (Lipinski definition) is 4. The maximum atomic E-state index is 7.68. The second kappa shape index (κ2) is 2.57. The maximum Gasteiger partial charge on any atom is 0.176 e. The predicted octanol–water partition coefficient (Wildman–Crippen LogP) is 0.501. The minimum atomic E-state index is 0.0545. The van der Waals surface area contributed by atoms with Crippen molar-refractivity contribution in [1.82, 2.24) is 20.4 Å². The Labute approximate surface area is 83.6 Å². The van der Waals surface area contributed by atoms with E-state index in [9.17, 15) is 0 Å². The van der Waals surface area contributed by atoms with Crippen LogP contribution in [0.15, 0.2) is 18.2 Å². The van der Waals surface area contributed by atoms with Crippen molar-refractivity contribution in [3.05, 3.63) is 23.7 Å². The Morgan fingerprint density at radius 3 is 2.93 bits per heavy atom. The first-order valence-corrected chi connectivity index (χ1v) is 4.43. The van der Waals surface area contributed by atoms with E-state index in [4.69, 9.17) is 11.1 Å². The summed E-state index contributed by atoms with van der Waals surface area (Å²) in [7, 11) is 0. The smallest absolute Gasteiger partial charge is 0.176 e. The molecule has 0 spiro atoms. The highest BCUT2D eigenvalue weighted by atomic mass is 15.3. The summed E-state index contributed by atoms with van der Waals surface area (Å²) in [6, 6.07) is 5.65. The van der Waals surface area contributed by atoms with Crippen molar-refractivity contribution in [1.29, 1.82) is 5.41 Å². The topological polar surface area (TPSA) is 107 Å². The number of rotatable bonds is 0. The van der Waals surface area contributed by atoms with Crippen LogP contribution < -0.4 is 11.2 Å². The Morgan fingerprint density at radius 1 is 1.27 bits per heavy atom. The lowest BCUT2D eigenvalue weighted by Gasteiger charge is -1.87. The minimum Gasteiger partial charge on any atom is -0.395 e. The van der Waals surface area contributed by atoms with Crippen LogP contribution in [0, 0.1) is 5.41 Å². The van der Waals surface area contributed by atoms with Gasteiger partial charge in [0.1, 0.15) is 5.52 Å². The number of nitrogen functional groups attached to an aromatic ring is 1. The van der Waals surface area contributed by atoms with Gasteiger partial charge in [0.15, 0.2) is 11.1 Å². The monoisotopic (exact) mass is 200 g/mol. The van der Waals surface area contributed by atoms with Gasteiger partial charge in [-0.05, 0) is 0 Å². The van der Waals surface area contributed by atoms with Gasteiger partial charge in [-0.2, -0.15) is 5.10 Å². The van der Waals surface area contributed by atoms with Gasteiger partial charge in [0, 0.05) is 10.8 Å². The van der Waals surface area contributed by atoms with Crippen molar-refractivity contribution in [3.8, 4) is 0 Å². The molecule has 0 aliphatic carbocycles. The summed E-state index contributed by atoms with van der Waals surface area (Å²) in [6.45, 7) is 0. The standard InChI is InChI=1S/C9H8N6/c10-6-4-2-1-3-5(4)7-9(12-8(6)11)14-15-13-7/h1-3H,(H5,10,11,12,13,14,15). The zero-order chi connectivity index (χ0) is 10.4. The van der Waals surface area contributed by atoms with Gasteiger partial charge in [-0.1, -0.05) is 18.2 Å². The SMILES string of the molecule is N=c1nc2[nH][nH]nc2c2cccc2c1N. The van der Waals surface area contributed by atoms with Crippen LogP contribution in [0.5, 0.6) is 0 Å². The molecule has 6 nitrogen and oxygen atoms in total. The van der Waals surface area contributed by atoms with E-state index in [0.717, 1.165) is 10.8 Å². The molecule has 0 saturated carbocycles. The molecule has 15 heavy (non-hydrogen) atoms. The summed E-state index contributed by atoms with van der Waals surface area (Å²) in [5.74, 6) is 0. The van der Waals surface area contributed by atoms with Crippen molar-refractivity contribution >= 4 is 27.6 Å². The molecule has 0 saturated heterocycles. The van der Waals surface area contributed by atoms with Crippen LogP contribution in [0.1, 0.15) is 0 Å². The molecule has 0 bridgehead atoms. The number of nitrogens with two attached hydrogens (primary N) is 1. The van der Waals surface area contributed by atoms with Gasteiger partial charge in [0.2, 0.25) is 0 Å². The van der Waals surface area contributed by atoms with Crippen LogP contribution in [0.2, 0.25) is 0 Å². The maximum absolute atomic E-state index is 7.68. The van der Waals surface area contributed by atoms with Gasteiger partial charge >= 0.3 is 0 Å². The number of anilines is 1. The van der Waals surface area contributed by atoms with Crippen molar-refractivity contribution in [2.75, 3.05) is 5.73 Å². The second-order valence-electron chi connectivity index (χ2n) is 3.27. The summed E-state index contributed by atoms with van der Waals surface area (Å²) in [6.07, 6.45) is 0. The van der Waals surface area contributed by atoms with Gasteiger partial charge in [0.25, 0.3) is 0 Å². The molecule has 0 aliphatic heterocycles. The highest BCUT2D eigenvalue weighted by Crippen LogP contribution is 2.22. The molecular formula is C9H8N6. The van der Waals surface area contributed by atoms with Crippen LogP contribution in [0.25, 0.3) is 21.9 Å². The van der Waals surface area contributed by atoms with Crippen molar-refractivity contribution in [3.63, 3.8) is 0 Å². The van der Waals surface area contributed by atoms with E-state index in [1.807, 2.05) is 18.2 Å². The molecule has 0 amide bonds. The fourth-order valence-corrected chi connectivity index (χ4v) is 1.68. The quantitative estimate of drug-likeness (QED) is 0.424. The molecule has 2 heterocycles. The Hall–Kier alpha value is -2.37. The van der Waals surface area contributed by atoms with Gasteiger partial charge in [-0.25, -0.2) is 10.2 Å². The van der Waals surface area contributed by atoms with E-state index in [2.05, 4.69) is 20.4 Å². The molecule has 3 rings (SSSR count). The number of nitrogens with one attached hydrogen (secondary N) is 3. The third kappa shape index (κ3) is 0.954. The number of hydrogen-bond acceptors (Lipinski definition) is 4. The van der Waals surface area contributed by atoms with Crippen molar-refractivity contribution in [2.45, 2.75) is 0 Å². The van der Waals surface area contributed by atoms with Gasteiger partial charge in [-0.15, -0.1) is 0 Å².